The summed E-state index contributed by atoms with van der Waals surface area (Å²) in [4.78, 5) is 2.60. The highest BCUT2D eigenvalue weighted by atomic mass is 16.5. The Morgan fingerprint density at radius 1 is 1.38 bits per heavy atom. The molecule has 1 aliphatic heterocycles. The zero-order valence-corrected chi connectivity index (χ0v) is 11.2. The first-order chi connectivity index (χ1) is 7.68. The smallest absolute Gasteiger partial charge is 0.0656 e. The van der Waals surface area contributed by atoms with Crippen molar-refractivity contribution in [2.24, 2.45) is 5.73 Å². The van der Waals surface area contributed by atoms with E-state index in [9.17, 15) is 0 Å². The van der Waals surface area contributed by atoms with Gasteiger partial charge in [-0.2, -0.15) is 0 Å². The predicted molar refractivity (Wildman–Crippen MR) is 68.6 cm³/mol. The van der Waals surface area contributed by atoms with Crippen LogP contribution in [0.15, 0.2) is 0 Å². The van der Waals surface area contributed by atoms with Crippen molar-refractivity contribution in [3.8, 4) is 0 Å². The highest BCUT2D eigenvalue weighted by Crippen LogP contribution is 2.26. The van der Waals surface area contributed by atoms with Crippen LogP contribution in [0.5, 0.6) is 0 Å². The molecule has 2 unspecified atom stereocenters. The zero-order chi connectivity index (χ0) is 12.0. The number of ether oxygens (including phenoxy) is 1. The van der Waals surface area contributed by atoms with Gasteiger partial charge in [-0.15, -0.1) is 0 Å². The minimum Gasteiger partial charge on any atom is -0.383 e. The van der Waals surface area contributed by atoms with Crippen LogP contribution in [0.1, 0.15) is 46.0 Å². The summed E-state index contributed by atoms with van der Waals surface area (Å²) in [7, 11) is 1.77. The molecular formula is C13H28N2O. The van der Waals surface area contributed by atoms with Crippen molar-refractivity contribution < 1.29 is 4.74 Å². The van der Waals surface area contributed by atoms with Gasteiger partial charge in [0.2, 0.25) is 0 Å². The van der Waals surface area contributed by atoms with Crippen LogP contribution in [0.25, 0.3) is 0 Å². The molecule has 0 saturated carbocycles. The van der Waals surface area contributed by atoms with Crippen LogP contribution in [-0.2, 0) is 4.74 Å². The molecule has 0 bridgehead atoms. The monoisotopic (exact) mass is 228 g/mol. The van der Waals surface area contributed by atoms with Crippen LogP contribution in [0.4, 0.5) is 0 Å². The highest BCUT2D eigenvalue weighted by molar-refractivity contribution is 4.92. The normalized spacial score (nSPS) is 27.4. The number of nitrogens with two attached hydrogens (primary N) is 1. The van der Waals surface area contributed by atoms with Crippen LogP contribution in [-0.4, -0.2) is 43.3 Å². The van der Waals surface area contributed by atoms with Crippen LogP contribution in [0, 0.1) is 0 Å². The van der Waals surface area contributed by atoms with Gasteiger partial charge in [-0.25, -0.2) is 0 Å². The lowest BCUT2D eigenvalue weighted by atomic mass is 9.96. The van der Waals surface area contributed by atoms with Gasteiger partial charge in [0.25, 0.3) is 0 Å². The SMILES string of the molecule is CCC1CCCCCN1C(C)(CN)COC. The van der Waals surface area contributed by atoms with Gasteiger partial charge in [0.15, 0.2) is 0 Å². The average molecular weight is 228 g/mol. The number of hydrogen-bond acceptors (Lipinski definition) is 3. The Kier molecular flexibility index (Phi) is 5.73. The van der Waals surface area contributed by atoms with Gasteiger partial charge in [-0.3, -0.25) is 4.90 Å². The van der Waals surface area contributed by atoms with Gasteiger partial charge in [-0.05, 0) is 32.7 Å². The summed E-state index contributed by atoms with van der Waals surface area (Å²) in [5, 5.41) is 0. The molecule has 2 atom stereocenters. The van der Waals surface area contributed by atoms with E-state index in [2.05, 4.69) is 18.7 Å². The average Bonchev–Trinajstić information content (AvgIpc) is 2.54. The van der Waals surface area contributed by atoms with Gasteiger partial charge < -0.3 is 10.5 Å². The molecule has 0 spiro atoms. The standard InChI is InChI=1S/C13H28N2O/c1-4-12-8-6-5-7-9-15(12)13(2,10-14)11-16-3/h12H,4-11,14H2,1-3H3. The first kappa shape index (κ1) is 13.9. The van der Waals surface area contributed by atoms with Crippen LogP contribution < -0.4 is 5.73 Å². The number of rotatable bonds is 5. The van der Waals surface area contributed by atoms with E-state index < -0.39 is 0 Å². The van der Waals surface area contributed by atoms with E-state index in [0.717, 1.165) is 6.61 Å². The first-order valence-electron chi connectivity index (χ1n) is 6.63. The minimum absolute atomic E-state index is 0.0137. The van der Waals surface area contributed by atoms with Gasteiger partial charge in [0, 0.05) is 19.7 Å². The van der Waals surface area contributed by atoms with Crippen LogP contribution >= 0.6 is 0 Å². The molecular weight excluding hydrogens is 200 g/mol. The van der Waals surface area contributed by atoms with E-state index in [1.807, 2.05) is 0 Å². The summed E-state index contributed by atoms with van der Waals surface area (Å²) < 4.78 is 5.36. The molecule has 0 aromatic rings. The fourth-order valence-electron chi connectivity index (χ4n) is 2.88. The summed E-state index contributed by atoms with van der Waals surface area (Å²) >= 11 is 0. The second kappa shape index (κ2) is 6.58. The third-order valence-corrected chi connectivity index (χ3v) is 3.94. The van der Waals surface area contributed by atoms with Gasteiger partial charge in [0.05, 0.1) is 12.1 Å². The van der Waals surface area contributed by atoms with Crippen molar-refractivity contribution in [1.82, 2.24) is 4.90 Å². The Hall–Kier alpha value is -0.120. The van der Waals surface area contributed by atoms with E-state index in [0.29, 0.717) is 12.6 Å². The molecule has 96 valence electrons. The Labute approximate surface area is 100 Å². The third-order valence-electron chi connectivity index (χ3n) is 3.94. The van der Waals surface area contributed by atoms with E-state index in [1.54, 1.807) is 7.11 Å². The molecule has 16 heavy (non-hydrogen) atoms. The van der Waals surface area contributed by atoms with E-state index in [-0.39, 0.29) is 5.54 Å². The summed E-state index contributed by atoms with van der Waals surface area (Å²) in [5.41, 5.74) is 5.98. The van der Waals surface area contributed by atoms with E-state index in [1.165, 1.54) is 38.6 Å². The highest BCUT2D eigenvalue weighted by Gasteiger charge is 2.35. The number of nitrogens with zero attached hydrogens (tertiary/aromatic N) is 1. The molecule has 1 rings (SSSR count). The molecule has 1 saturated heterocycles. The molecule has 0 aromatic carbocycles. The Bertz CT molecular complexity index is 198. The van der Waals surface area contributed by atoms with Crippen molar-refractivity contribution in [2.45, 2.75) is 57.5 Å². The summed E-state index contributed by atoms with van der Waals surface area (Å²) in [5.74, 6) is 0. The molecule has 0 amide bonds. The second-order valence-corrected chi connectivity index (χ2v) is 5.24. The second-order valence-electron chi connectivity index (χ2n) is 5.24. The fraction of sp³-hybridized carbons (Fsp3) is 1.00. The van der Waals surface area contributed by atoms with Crippen LogP contribution in [0.3, 0.4) is 0 Å². The Morgan fingerprint density at radius 2 is 2.12 bits per heavy atom. The number of methoxy groups -OCH3 is 1. The van der Waals surface area contributed by atoms with Crippen molar-refractivity contribution in [3.05, 3.63) is 0 Å². The number of likely N-dealkylation sites (tertiary alicyclic amines) is 1. The summed E-state index contributed by atoms with van der Waals surface area (Å²) in [6.07, 6.45) is 6.56. The lowest BCUT2D eigenvalue weighted by Gasteiger charge is -2.44. The minimum atomic E-state index is 0.0137. The molecule has 1 heterocycles. The summed E-state index contributed by atoms with van der Waals surface area (Å²) in [6, 6.07) is 0.686. The molecule has 1 fully saturated rings. The molecule has 0 radical (unpaired) electrons. The van der Waals surface area contributed by atoms with Gasteiger partial charge in [-0.1, -0.05) is 19.8 Å². The maximum absolute atomic E-state index is 5.97. The van der Waals surface area contributed by atoms with Gasteiger partial charge in [0.1, 0.15) is 0 Å². The molecule has 3 heteroatoms. The summed E-state index contributed by atoms with van der Waals surface area (Å²) in [6.45, 7) is 7.12. The molecule has 1 aliphatic rings. The maximum atomic E-state index is 5.97. The largest absolute Gasteiger partial charge is 0.383 e. The fourth-order valence-corrected chi connectivity index (χ4v) is 2.88. The number of hydrogen-bond donors (Lipinski definition) is 1. The molecule has 0 aromatic heterocycles. The Balaban J connectivity index is 2.77. The van der Waals surface area contributed by atoms with E-state index >= 15 is 0 Å². The molecule has 0 aliphatic carbocycles. The molecule has 3 nitrogen and oxygen atoms in total. The molecule has 2 N–H and O–H groups in total. The maximum Gasteiger partial charge on any atom is 0.0656 e. The van der Waals surface area contributed by atoms with Crippen molar-refractivity contribution in [2.75, 3.05) is 26.8 Å². The Morgan fingerprint density at radius 3 is 2.69 bits per heavy atom. The first-order valence-corrected chi connectivity index (χ1v) is 6.63. The topological polar surface area (TPSA) is 38.5 Å². The quantitative estimate of drug-likeness (QED) is 0.782. The van der Waals surface area contributed by atoms with E-state index in [4.69, 9.17) is 10.5 Å². The van der Waals surface area contributed by atoms with Crippen LogP contribution in [0.2, 0.25) is 0 Å². The van der Waals surface area contributed by atoms with Crippen molar-refractivity contribution in [3.63, 3.8) is 0 Å². The lowest BCUT2D eigenvalue weighted by molar-refractivity contribution is -0.000526. The zero-order valence-electron chi connectivity index (χ0n) is 11.2. The van der Waals surface area contributed by atoms with Crippen molar-refractivity contribution >= 4 is 0 Å². The van der Waals surface area contributed by atoms with Gasteiger partial charge >= 0.3 is 0 Å². The third kappa shape index (κ3) is 3.19. The van der Waals surface area contributed by atoms with Crippen molar-refractivity contribution in [1.29, 1.82) is 0 Å². The predicted octanol–water partition coefficient (Wildman–Crippen LogP) is 2.00. The lowest BCUT2D eigenvalue weighted by Crippen LogP contribution is -2.58.